The van der Waals surface area contributed by atoms with Crippen molar-refractivity contribution in [3.8, 4) is 5.88 Å². The largest absolute Gasteiger partial charge is 0.481 e. The molecule has 1 rings (SSSR count). The van der Waals surface area contributed by atoms with Gasteiger partial charge in [0.05, 0.1) is 12.0 Å². The first-order chi connectivity index (χ1) is 6.56. The lowest BCUT2D eigenvalue weighted by atomic mass is 10.3. The van der Waals surface area contributed by atoms with Crippen LogP contribution in [-0.2, 0) is 0 Å². The minimum Gasteiger partial charge on any atom is -0.481 e. The number of aromatic nitrogens is 1. The van der Waals surface area contributed by atoms with Gasteiger partial charge >= 0.3 is 0 Å². The van der Waals surface area contributed by atoms with Crippen molar-refractivity contribution in [2.75, 3.05) is 7.11 Å². The summed E-state index contributed by atoms with van der Waals surface area (Å²) in [5.74, 6) is 0.342. The molecule has 14 heavy (non-hydrogen) atoms. The van der Waals surface area contributed by atoms with E-state index in [0.29, 0.717) is 5.88 Å². The number of hydrogen-bond donors (Lipinski definition) is 0. The van der Waals surface area contributed by atoms with Crippen molar-refractivity contribution in [3.05, 3.63) is 27.9 Å². The van der Waals surface area contributed by atoms with Crippen LogP contribution in [-0.4, -0.2) is 17.0 Å². The van der Waals surface area contributed by atoms with Crippen molar-refractivity contribution in [2.45, 2.75) is 3.74 Å². The van der Waals surface area contributed by atoms with Crippen LogP contribution in [0.5, 0.6) is 5.88 Å². The number of pyridine rings is 1. The van der Waals surface area contributed by atoms with Crippen LogP contribution in [0.4, 0.5) is 5.69 Å². The first kappa shape index (κ1) is 11.4. The van der Waals surface area contributed by atoms with E-state index in [9.17, 15) is 10.1 Å². The Labute approximate surface area is 96.9 Å². The van der Waals surface area contributed by atoms with E-state index in [1.54, 1.807) is 0 Å². The van der Waals surface area contributed by atoms with Crippen LogP contribution in [0.15, 0.2) is 12.1 Å². The second kappa shape index (κ2) is 4.70. The fourth-order valence-corrected chi connectivity index (χ4v) is 1.55. The molecule has 0 aromatic carbocycles. The van der Waals surface area contributed by atoms with Crippen LogP contribution in [0.1, 0.15) is 9.43 Å². The van der Waals surface area contributed by atoms with Gasteiger partial charge in [0.1, 0.15) is 9.43 Å². The molecule has 0 saturated heterocycles. The third kappa shape index (κ3) is 2.42. The fourth-order valence-electron chi connectivity index (χ4n) is 0.878. The van der Waals surface area contributed by atoms with E-state index in [4.69, 9.17) is 4.74 Å². The standard InChI is InChI=1S/C7H6Br2N2O3/c1-14-5-3-2-4(11(12)13)6(10-5)7(8)9/h2-3,7H,1H3. The van der Waals surface area contributed by atoms with Crippen molar-refractivity contribution >= 4 is 37.5 Å². The maximum Gasteiger partial charge on any atom is 0.293 e. The van der Waals surface area contributed by atoms with Gasteiger partial charge in [0.2, 0.25) is 5.88 Å². The lowest BCUT2D eigenvalue weighted by Gasteiger charge is -2.04. The number of nitro groups is 1. The molecular weight excluding hydrogens is 320 g/mol. The van der Waals surface area contributed by atoms with Crippen LogP contribution < -0.4 is 4.74 Å². The molecular formula is C7H6Br2N2O3. The van der Waals surface area contributed by atoms with Gasteiger partial charge in [-0.25, -0.2) is 4.98 Å². The molecule has 0 aliphatic rings. The lowest BCUT2D eigenvalue weighted by Crippen LogP contribution is -1.99. The number of ether oxygens (including phenoxy) is 1. The molecule has 0 amide bonds. The highest BCUT2D eigenvalue weighted by Gasteiger charge is 2.20. The number of halogens is 2. The van der Waals surface area contributed by atoms with Crippen molar-refractivity contribution in [2.24, 2.45) is 0 Å². The molecule has 76 valence electrons. The summed E-state index contributed by atoms with van der Waals surface area (Å²) in [5, 5.41) is 10.6. The summed E-state index contributed by atoms with van der Waals surface area (Å²) < 4.78 is 4.49. The summed E-state index contributed by atoms with van der Waals surface area (Å²) in [6, 6.07) is 2.81. The molecule has 0 atom stereocenters. The van der Waals surface area contributed by atoms with Gasteiger partial charge in [-0.15, -0.1) is 0 Å². The molecule has 0 N–H and O–H groups in total. The zero-order chi connectivity index (χ0) is 10.7. The van der Waals surface area contributed by atoms with Crippen LogP contribution in [0.2, 0.25) is 0 Å². The molecule has 0 aliphatic heterocycles. The highest BCUT2D eigenvalue weighted by Crippen LogP contribution is 2.35. The van der Waals surface area contributed by atoms with Crippen LogP contribution in [0, 0.1) is 10.1 Å². The maximum absolute atomic E-state index is 10.6. The average molecular weight is 326 g/mol. The highest BCUT2D eigenvalue weighted by molar-refractivity contribution is 9.24. The summed E-state index contributed by atoms with van der Waals surface area (Å²) in [6.07, 6.45) is 0. The second-order valence-electron chi connectivity index (χ2n) is 2.32. The Bertz CT molecular complexity index is 357. The SMILES string of the molecule is COc1ccc([N+](=O)[O-])c(C(Br)Br)n1. The third-order valence-corrected chi connectivity index (χ3v) is 2.36. The Hall–Kier alpha value is -0.690. The minimum absolute atomic E-state index is 0.0513. The Balaban J connectivity index is 3.24. The summed E-state index contributed by atoms with van der Waals surface area (Å²) in [7, 11) is 1.45. The maximum atomic E-state index is 10.6. The first-order valence-corrected chi connectivity index (χ1v) is 5.37. The first-order valence-electron chi connectivity index (χ1n) is 3.53. The number of rotatable bonds is 3. The van der Waals surface area contributed by atoms with E-state index in [-0.39, 0.29) is 15.1 Å². The van der Waals surface area contributed by atoms with E-state index in [2.05, 4.69) is 36.8 Å². The fraction of sp³-hybridized carbons (Fsp3) is 0.286. The van der Waals surface area contributed by atoms with Crippen molar-refractivity contribution in [1.82, 2.24) is 4.98 Å². The molecule has 0 radical (unpaired) electrons. The Morgan fingerprint density at radius 3 is 2.64 bits per heavy atom. The van der Waals surface area contributed by atoms with Crippen molar-refractivity contribution < 1.29 is 9.66 Å². The lowest BCUT2D eigenvalue weighted by molar-refractivity contribution is -0.385. The number of nitrogens with zero attached hydrogens (tertiary/aromatic N) is 2. The van der Waals surface area contributed by atoms with Crippen LogP contribution in [0.25, 0.3) is 0 Å². The van der Waals surface area contributed by atoms with E-state index >= 15 is 0 Å². The van der Waals surface area contributed by atoms with Gasteiger partial charge < -0.3 is 4.74 Å². The van der Waals surface area contributed by atoms with Gasteiger partial charge in [0.25, 0.3) is 5.69 Å². The van der Waals surface area contributed by atoms with Crippen molar-refractivity contribution in [3.63, 3.8) is 0 Å². The Morgan fingerprint density at radius 1 is 1.57 bits per heavy atom. The van der Waals surface area contributed by atoms with Crippen LogP contribution in [0.3, 0.4) is 0 Å². The summed E-state index contributed by atoms with van der Waals surface area (Å²) in [5.41, 5.74) is 0.235. The van der Waals surface area contributed by atoms with Crippen molar-refractivity contribution in [1.29, 1.82) is 0 Å². The van der Waals surface area contributed by atoms with Gasteiger partial charge in [-0.2, -0.15) is 0 Å². The summed E-state index contributed by atoms with van der Waals surface area (Å²) >= 11 is 6.32. The smallest absolute Gasteiger partial charge is 0.293 e. The van der Waals surface area contributed by atoms with E-state index in [1.807, 2.05) is 0 Å². The monoisotopic (exact) mass is 324 g/mol. The molecule has 1 aromatic heterocycles. The predicted molar refractivity (Wildman–Crippen MR) is 58.0 cm³/mol. The average Bonchev–Trinajstić information content (AvgIpc) is 2.16. The molecule has 0 aliphatic carbocycles. The molecule has 1 heterocycles. The second-order valence-corrected chi connectivity index (χ2v) is 5.38. The summed E-state index contributed by atoms with van der Waals surface area (Å²) in [6.45, 7) is 0. The normalized spacial score (nSPS) is 10.3. The Morgan fingerprint density at radius 2 is 2.21 bits per heavy atom. The molecule has 1 aromatic rings. The van der Waals surface area contributed by atoms with E-state index in [0.717, 1.165) is 0 Å². The van der Waals surface area contributed by atoms with Gasteiger partial charge in [-0.1, -0.05) is 31.9 Å². The molecule has 0 bridgehead atoms. The minimum atomic E-state index is -0.489. The summed E-state index contributed by atoms with van der Waals surface area (Å²) in [4.78, 5) is 14.1. The van der Waals surface area contributed by atoms with Crippen LogP contribution >= 0.6 is 31.9 Å². The Kier molecular flexibility index (Phi) is 3.82. The number of methoxy groups -OCH3 is 1. The van der Waals surface area contributed by atoms with E-state index in [1.165, 1.54) is 19.2 Å². The van der Waals surface area contributed by atoms with Gasteiger partial charge in [-0.05, 0) is 0 Å². The quantitative estimate of drug-likeness (QED) is 0.487. The molecule has 7 heteroatoms. The zero-order valence-corrected chi connectivity index (χ0v) is 10.3. The van der Waals surface area contributed by atoms with E-state index < -0.39 is 4.92 Å². The highest BCUT2D eigenvalue weighted by atomic mass is 79.9. The number of hydrogen-bond acceptors (Lipinski definition) is 4. The topological polar surface area (TPSA) is 65.3 Å². The zero-order valence-electron chi connectivity index (χ0n) is 7.11. The third-order valence-electron chi connectivity index (χ3n) is 1.49. The molecule has 0 unspecified atom stereocenters. The molecule has 0 spiro atoms. The van der Waals surface area contributed by atoms with Gasteiger partial charge in [-0.3, -0.25) is 10.1 Å². The van der Waals surface area contributed by atoms with Gasteiger partial charge in [0.15, 0.2) is 0 Å². The molecule has 0 saturated carbocycles. The number of alkyl halides is 2. The molecule has 5 nitrogen and oxygen atoms in total. The predicted octanol–water partition coefficient (Wildman–Crippen LogP) is 2.79. The van der Waals surface area contributed by atoms with Gasteiger partial charge in [0, 0.05) is 12.1 Å². The molecule has 0 fully saturated rings.